The molecule has 7 nitrogen and oxygen atoms in total. The number of anilines is 1. The second-order valence-electron chi connectivity index (χ2n) is 5.70. The van der Waals surface area contributed by atoms with E-state index in [-0.39, 0.29) is 11.8 Å². The predicted molar refractivity (Wildman–Crippen MR) is 83.8 cm³/mol. The molecule has 0 atom stereocenters. The molecular weight excluding hydrogens is 302 g/mol. The zero-order valence-corrected chi connectivity index (χ0v) is 13.4. The average Bonchev–Trinajstić information content (AvgIpc) is 2.99. The first-order valence-corrected chi connectivity index (χ1v) is 8.44. The molecule has 1 N–H and O–H groups in total. The summed E-state index contributed by atoms with van der Waals surface area (Å²) in [6.07, 6.45) is 6.76. The maximum Gasteiger partial charge on any atom is 0.273 e. The van der Waals surface area contributed by atoms with Gasteiger partial charge in [0.2, 0.25) is 11.0 Å². The van der Waals surface area contributed by atoms with Crippen molar-refractivity contribution in [2.24, 2.45) is 5.10 Å². The van der Waals surface area contributed by atoms with Crippen LogP contribution in [-0.4, -0.2) is 39.8 Å². The van der Waals surface area contributed by atoms with Gasteiger partial charge in [0.15, 0.2) is 0 Å². The van der Waals surface area contributed by atoms with Gasteiger partial charge in [-0.1, -0.05) is 30.6 Å². The van der Waals surface area contributed by atoms with Gasteiger partial charge in [0.1, 0.15) is 10.7 Å². The Kier molecular flexibility index (Phi) is 4.47. The van der Waals surface area contributed by atoms with Gasteiger partial charge in [-0.2, -0.15) is 5.10 Å². The Morgan fingerprint density at radius 2 is 2.00 bits per heavy atom. The van der Waals surface area contributed by atoms with E-state index in [9.17, 15) is 9.59 Å². The van der Waals surface area contributed by atoms with Crippen LogP contribution in [0.5, 0.6) is 0 Å². The molecule has 2 aliphatic rings. The van der Waals surface area contributed by atoms with E-state index in [4.69, 9.17) is 0 Å². The summed E-state index contributed by atoms with van der Waals surface area (Å²) in [6, 6.07) is 0. The molecular formula is C14H19N5O2S. The van der Waals surface area contributed by atoms with E-state index < -0.39 is 0 Å². The molecule has 118 valence electrons. The van der Waals surface area contributed by atoms with Crippen LogP contribution >= 0.6 is 11.3 Å². The average molecular weight is 321 g/mol. The van der Waals surface area contributed by atoms with Crippen molar-refractivity contribution in [2.75, 3.05) is 12.4 Å². The number of hydrazone groups is 1. The SMILES string of the molecule is CN1N=C(C(=O)Nc2nnc(C3CCCCC3)s2)CCC1=O. The summed E-state index contributed by atoms with van der Waals surface area (Å²) in [6.45, 7) is 0. The second kappa shape index (κ2) is 6.51. The van der Waals surface area contributed by atoms with Gasteiger partial charge in [-0.05, 0) is 12.8 Å². The lowest BCUT2D eigenvalue weighted by atomic mass is 9.90. The number of hydrogen-bond acceptors (Lipinski definition) is 6. The number of nitrogens with zero attached hydrogens (tertiary/aromatic N) is 4. The van der Waals surface area contributed by atoms with E-state index in [2.05, 4.69) is 20.6 Å². The highest BCUT2D eigenvalue weighted by atomic mass is 32.1. The molecule has 1 fully saturated rings. The van der Waals surface area contributed by atoms with Crippen molar-refractivity contribution in [3.8, 4) is 0 Å². The molecule has 22 heavy (non-hydrogen) atoms. The van der Waals surface area contributed by atoms with Crippen LogP contribution in [0.4, 0.5) is 5.13 Å². The first-order valence-electron chi connectivity index (χ1n) is 7.62. The quantitative estimate of drug-likeness (QED) is 0.924. The first kappa shape index (κ1) is 15.1. The Bertz CT molecular complexity index is 606. The van der Waals surface area contributed by atoms with Gasteiger partial charge in [-0.15, -0.1) is 10.2 Å². The zero-order chi connectivity index (χ0) is 15.5. The summed E-state index contributed by atoms with van der Waals surface area (Å²) < 4.78 is 0. The third kappa shape index (κ3) is 3.32. The Balaban J connectivity index is 1.63. The second-order valence-corrected chi connectivity index (χ2v) is 6.71. The number of carbonyl (C=O) groups is 2. The fraction of sp³-hybridized carbons (Fsp3) is 0.643. The van der Waals surface area contributed by atoms with E-state index in [1.165, 1.54) is 35.6 Å². The van der Waals surface area contributed by atoms with Crippen LogP contribution in [0.25, 0.3) is 0 Å². The summed E-state index contributed by atoms with van der Waals surface area (Å²) >= 11 is 1.44. The molecule has 1 saturated carbocycles. The van der Waals surface area contributed by atoms with Crippen LogP contribution in [0.15, 0.2) is 5.10 Å². The van der Waals surface area contributed by atoms with Gasteiger partial charge in [-0.25, -0.2) is 5.01 Å². The highest BCUT2D eigenvalue weighted by Gasteiger charge is 2.24. The lowest BCUT2D eigenvalue weighted by molar-refractivity contribution is -0.130. The predicted octanol–water partition coefficient (Wildman–Crippen LogP) is 2.13. The van der Waals surface area contributed by atoms with Crippen LogP contribution < -0.4 is 5.32 Å². The number of carbonyl (C=O) groups excluding carboxylic acids is 2. The van der Waals surface area contributed by atoms with Crippen molar-refractivity contribution in [3.63, 3.8) is 0 Å². The molecule has 0 aromatic carbocycles. The summed E-state index contributed by atoms with van der Waals surface area (Å²) in [7, 11) is 1.56. The summed E-state index contributed by atoms with van der Waals surface area (Å²) in [5.74, 6) is 0.102. The van der Waals surface area contributed by atoms with Crippen LogP contribution in [0.2, 0.25) is 0 Å². The molecule has 0 spiro atoms. The van der Waals surface area contributed by atoms with Gasteiger partial charge in [0.25, 0.3) is 5.91 Å². The highest BCUT2D eigenvalue weighted by molar-refractivity contribution is 7.15. The van der Waals surface area contributed by atoms with Crippen LogP contribution in [-0.2, 0) is 9.59 Å². The molecule has 1 aliphatic heterocycles. The van der Waals surface area contributed by atoms with E-state index in [1.807, 2.05) is 0 Å². The van der Waals surface area contributed by atoms with Crippen molar-refractivity contribution in [1.29, 1.82) is 0 Å². The van der Waals surface area contributed by atoms with Crippen molar-refractivity contribution in [1.82, 2.24) is 15.2 Å². The minimum atomic E-state index is -0.300. The van der Waals surface area contributed by atoms with Crippen LogP contribution in [0.1, 0.15) is 55.9 Å². The largest absolute Gasteiger partial charge is 0.295 e. The van der Waals surface area contributed by atoms with Gasteiger partial charge in [-0.3, -0.25) is 14.9 Å². The fourth-order valence-electron chi connectivity index (χ4n) is 2.80. The Hall–Kier alpha value is -1.83. The molecule has 2 heterocycles. The third-order valence-corrected chi connectivity index (χ3v) is 5.09. The highest BCUT2D eigenvalue weighted by Crippen LogP contribution is 2.35. The number of aromatic nitrogens is 2. The topological polar surface area (TPSA) is 87.6 Å². The third-order valence-electron chi connectivity index (χ3n) is 4.08. The fourth-order valence-corrected chi connectivity index (χ4v) is 3.71. The van der Waals surface area contributed by atoms with Crippen molar-refractivity contribution >= 4 is 34.0 Å². The van der Waals surface area contributed by atoms with Crippen molar-refractivity contribution < 1.29 is 9.59 Å². The molecule has 2 amide bonds. The number of hydrogen-bond donors (Lipinski definition) is 1. The minimum absolute atomic E-state index is 0.0768. The van der Waals surface area contributed by atoms with E-state index in [1.54, 1.807) is 7.05 Å². The standard InChI is InChI=1S/C14H19N5O2S/c1-19-11(20)8-7-10(18-19)12(21)15-14-17-16-13(22-14)9-5-3-2-4-6-9/h9H,2-8H2,1H3,(H,15,17,21). The van der Waals surface area contributed by atoms with E-state index >= 15 is 0 Å². The maximum atomic E-state index is 12.2. The smallest absolute Gasteiger partial charge is 0.273 e. The van der Waals surface area contributed by atoms with Gasteiger partial charge in [0.05, 0.1) is 0 Å². The molecule has 0 saturated heterocycles. The van der Waals surface area contributed by atoms with Crippen molar-refractivity contribution in [2.45, 2.75) is 50.9 Å². The first-order chi connectivity index (χ1) is 10.6. The summed E-state index contributed by atoms with van der Waals surface area (Å²) in [5.41, 5.74) is 0.358. The van der Waals surface area contributed by atoms with E-state index in [0.29, 0.717) is 29.6 Å². The van der Waals surface area contributed by atoms with Crippen LogP contribution in [0.3, 0.4) is 0 Å². The summed E-state index contributed by atoms with van der Waals surface area (Å²) in [4.78, 5) is 23.5. The van der Waals surface area contributed by atoms with Gasteiger partial charge >= 0.3 is 0 Å². The number of rotatable bonds is 3. The lowest BCUT2D eigenvalue weighted by Crippen LogP contribution is -2.34. The Morgan fingerprint density at radius 1 is 1.23 bits per heavy atom. The van der Waals surface area contributed by atoms with Gasteiger partial charge in [0, 0.05) is 25.8 Å². The lowest BCUT2D eigenvalue weighted by Gasteiger charge is -2.18. The van der Waals surface area contributed by atoms with E-state index in [0.717, 1.165) is 17.8 Å². The minimum Gasteiger partial charge on any atom is -0.295 e. The molecule has 1 aliphatic carbocycles. The number of nitrogens with one attached hydrogen (secondary N) is 1. The molecule has 1 aromatic rings. The zero-order valence-electron chi connectivity index (χ0n) is 12.5. The molecule has 3 rings (SSSR count). The Morgan fingerprint density at radius 3 is 2.73 bits per heavy atom. The maximum absolute atomic E-state index is 12.2. The van der Waals surface area contributed by atoms with Gasteiger partial charge < -0.3 is 0 Å². The molecule has 0 unspecified atom stereocenters. The Labute approximate surface area is 132 Å². The van der Waals surface area contributed by atoms with Crippen LogP contribution in [0, 0.1) is 0 Å². The molecule has 1 aromatic heterocycles. The molecule has 8 heteroatoms. The van der Waals surface area contributed by atoms with Crippen molar-refractivity contribution in [3.05, 3.63) is 5.01 Å². The molecule has 0 radical (unpaired) electrons. The normalized spacial score (nSPS) is 20.0. The number of amides is 2. The summed E-state index contributed by atoms with van der Waals surface area (Å²) in [5, 5.41) is 17.7. The monoisotopic (exact) mass is 321 g/mol. The molecule has 0 bridgehead atoms.